The Balaban J connectivity index is 1.49. The van der Waals surface area contributed by atoms with Crippen molar-refractivity contribution in [2.24, 2.45) is 0 Å². The molecule has 0 saturated heterocycles. The summed E-state index contributed by atoms with van der Waals surface area (Å²) in [6, 6.07) is 11.7. The number of hydrogen-bond acceptors (Lipinski definition) is 2. The summed E-state index contributed by atoms with van der Waals surface area (Å²) in [7, 11) is 0. The summed E-state index contributed by atoms with van der Waals surface area (Å²) in [5.41, 5.74) is 4.51. The first-order valence-corrected chi connectivity index (χ1v) is 7.17. The molecule has 0 spiro atoms. The molecule has 2 heteroatoms. The van der Waals surface area contributed by atoms with Gasteiger partial charge in [0, 0.05) is 6.04 Å². The molecule has 1 aliphatic carbocycles. The van der Waals surface area contributed by atoms with Gasteiger partial charge < -0.3 is 5.32 Å². The molecule has 0 fully saturated rings. The summed E-state index contributed by atoms with van der Waals surface area (Å²) in [5.74, 6) is 0. The van der Waals surface area contributed by atoms with E-state index in [9.17, 15) is 0 Å². The molecule has 0 unspecified atom stereocenters. The molecule has 1 aromatic carbocycles. The van der Waals surface area contributed by atoms with Crippen LogP contribution in [-0.4, -0.2) is 12.6 Å². The lowest BCUT2D eigenvalue weighted by atomic mass is 10.1. The van der Waals surface area contributed by atoms with Gasteiger partial charge in [-0.25, -0.2) is 0 Å². The summed E-state index contributed by atoms with van der Waals surface area (Å²) in [4.78, 5) is 0. The number of benzene rings is 1. The predicted molar refractivity (Wildman–Crippen MR) is 73.7 cm³/mol. The van der Waals surface area contributed by atoms with Gasteiger partial charge in [0.05, 0.1) is 0 Å². The minimum atomic E-state index is 0.644. The van der Waals surface area contributed by atoms with Crippen LogP contribution in [0, 0.1) is 0 Å². The molecule has 0 aliphatic heterocycles. The van der Waals surface area contributed by atoms with Crippen LogP contribution in [0.25, 0.3) is 0 Å². The van der Waals surface area contributed by atoms with Crippen molar-refractivity contribution in [3.8, 4) is 0 Å². The van der Waals surface area contributed by atoms with E-state index in [2.05, 4.69) is 46.4 Å². The molecule has 0 amide bonds. The highest BCUT2D eigenvalue weighted by atomic mass is 32.1. The van der Waals surface area contributed by atoms with Crippen LogP contribution in [0.15, 0.2) is 41.1 Å². The Kier molecular flexibility index (Phi) is 3.25. The molecule has 17 heavy (non-hydrogen) atoms. The highest BCUT2D eigenvalue weighted by Gasteiger charge is 2.19. The van der Waals surface area contributed by atoms with E-state index in [-0.39, 0.29) is 0 Å². The summed E-state index contributed by atoms with van der Waals surface area (Å²) in [5, 5.41) is 8.07. The molecule has 0 bridgehead atoms. The Morgan fingerprint density at radius 3 is 2.53 bits per heavy atom. The van der Waals surface area contributed by atoms with E-state index in [1.54, 1.807) is 11.3 Å². The first-order chi connectivity index (χ1) is 8.42. The zero-order valence-corrected chi connectivity index (χ0v) is 10.7. The standard InChI is InChI=1S/C15H17NS/c1-2-4-14-10-15(9-13(14)3-1)16-7-5-12-6-8-17-11-12/h1-4,6,8,11,15-16H,5,7,9-10H2. The van der Waals surface area contributed by atoms with Crippen molar-refractivity contribution in [3.63, 3.8) is 0 Å². The van der Waals surface area contributed by atoms with Crippen LogP contribution in [0.5, 0.6) is 0 Å². The topological polar surface area (TPSA) is 12.0 Å². The Morgan fingerprint density at radius 1 is 1.12 bits per heavy atom. The molecule has 1 nitrogen and oxygen atoms in total. The summed E-state index contributed by atoms with van der Waals surface area (Å²) < 4.78 is 0. The Bertz CT molecular complexity index is 450. The van der Waals surface area contributed by atoms with Crippen LogP contribution in [0.4, 0.5) is 0 Å². The average molecular weight is 243 g/mol. The van der Waals surface area contributed by atoms with Gasteiger partial charge in [-0.3, -0.25) is 0 Å². The zero-order valence-electron chi connectivity index (χ0n) is 9.86. The summed E-state index contributed by atoms with van der Waals surface area (Å²) >= 11 is 1.78. The van der Waals surface area contributed by atoms with Crippen molar-refractivity contribution >= 4 is 11.3 Å². The smallest absolute Gasteiger partial charge is 0.0148 e. The fraction of sp³-hybridized carbons (Fsp3) is 0.333. The molecule has 1 N–H and O–H groups in total. The van der Waals surface area contributed by atoms with E-state index in [0.717, 1.165) is 13.0 Å². The number of hydrogen-bond donors (Lipinski definition) is 1. The van der Waals surface area contributed by atoms with Crippen LogP contribution in [0.3, 0.4) is 0 Å². The highest BCUT2D eigenvalue weighted by Crippen LogP contribution is 2.21. The third-order valence-corrected chi connectivity index (χ3v) is 4.21. The van der Waals surface area contributed by atoms with Crippen LogP contribution in [0.2, 0.25) is 0 Å². The van der Waals surface area contributed by atoms with E-state index >= 15 is 0 Å². The van der Waals surface area contributed by atoms with Crippen molar-refractivity contribution in [2.75, 3.05) is 6.54 Å². The number of thiophene rings is 1. The number of fused-ring (bicyclic) bond motifs is 1. The molecule has 0 atom stereocenters. The van der Waals surface area contributed by atoms with Crippen molar-refractivity contribution < 1.29 is 0 Å². The predicted octanol–water partition coefficient (Wildman–Crippen LogP) is 3.05. The second-order valence-electron chi connectivity index (χ2n) is 4.71. The van der Waals surface area contributed by atoms with Gasteiger partial charge in [0.15, 0.2) is 0 Å². The first kappa shape index (κ1) is 11.0. The lowest BCUT2D eigenvalue weighted by Gasteiger charge is -2.11. The second kappa shape index (κ2) is 5.03. The van der Waals surface area contributed by atoms with Gasteiger partial charge in [-0.1, -0.05) is 24.3 Å². The van der Waals surface area contributed by atoms with Crippen LogP contribution < -0.4 is 5.32 Å². The summed E-state index contributed by atoms with van der Waals surface area (Å²) in [6.07, 6.45) is 3.54. The van der Waals surface area contributed by atoms with Gasteiger partial charge in [0.25, 0.3) is 0 Å². The van der Waals surface area contributed by atoms with E-state index < -0.39 is 0 Å². The van der Waals surface area contributed by atoms with Crippen molar-refractivity contribution in [1.29, 1.82) is 0 Å². The molecule has 0 radical (unpaired) electrons. The van der Waals surface area contributed by atoms with Crippen LogP contribution in [0.1, 0.15) is 16.7 Å². The maximum absolute atomic E-state index is 3.67. The van der Waals surface area contributed by atoms with Gasteiger partial charge in [0.2, 0.25) is 0 Å². The van der Waals surface area contributed by atoms with Crippen molar-refractivity contribution in [1.82, 2.24) is 5.32 Å². The van der Waals surface area contributed by atoms with E-state index in [0.29, 0.717) is 6.04 Å². The van der Waals surface area contributed by atoms with Crippen LogP contribution >= 0.6 is 11.3 Å². The third-order valence-electron chi connectivity index (χ3n) is 3.48. The zero-order chi connectivity index (χ0) is 11.5. The number of nitrogens with one attached hydrogen (secondary N) is 1. The van der Waals surface area contributed by atoms with Gasteiger partial charge in [0.1, 0.15) is 0 Å². The maximum atomic E-state index is 3.67. The van der Waals surface area contributed by atoms with Gasteiger partial charge in [-0.2, -0.15) is 11.3 Å². The fourth-order valence-electron chi connectivity index (χ4n) is 2.56. The third kappa shape index (κ3) is 2.59. The summed E-state index contributed by atoms with van der Waals surface area (Å²) in [6.45, 7) is 1.09. The van der Waals surface area contributed by atoms with Crippen molar-refractivity contribution in [2.45, 2.75) is 25.3 Å². The molecule has 88 valence electrons. The largest absolute Gasteiger partial charge is 0.313 e. The molecule has 1 aliphatic rings. The second-order valence-corrected chi connectivity index (χ2v) is 5.49. The highest BCUT2D eigenvalue weighted by molar-refractivity contribution is 7.07. The van der Waals surface area contributed by atoms with Crippen molar-refractivity contribution in [3.05, 3.63) is 57.8 Å². The quantitative estimate of drug-likeness (QED) is 0.870. The molecule has 1 heterocycles. The minimum Gasteiger partial charge on any atom is -0.313 e. The molecular formula is C15H17NS. The SMILES string of the molecule is c1ccc2c(c1)CC(NCCc1ccsc1)C2. The first-order valence-electron chi connectivity index (χ1n) is 6.23. The minimum absolute atomic E-state index is 0.644. The Labute approximate surface area is 106 Å². The molecule has 1 aromatic heterocycles. The Hall–Kier alpha value is -1.12. The Morgan fingerprint density at radius 2 is 1.88 bits per heavy atom. The fourth-order valence-corrected chi connectivity index (χ4v) is 3.26. The van der Waals surface area contributed by atoms with E-state index in [1.807, 2.05) is 0 Å². The molecule has 3 rings (SSSR count). The van der Waals surface area contributed by atoms with Gasteiger partial charge >= 0.3 is 0 Å². The average Bonchev–Trinajstić information content (AvgIpc) is 2.96. The monoisotopic (exact) mass is 243 g/mol. The lowest BCUT2D eigenvalue weighted by molar-refractivity contribution is 0.536. The van der Waals surface area contributed by atoms with Gasteiger partial charge in [-0.05, 0) is 59.3 Å². The van der Waals surface area contributed by atoms with E-state index in [1.165, 1.54) is 29.5 Å². The van der Waals surface area contributed by atoms with Gasteiger partial charge in [-0.15, -0.1) is 0 Å². The molecule has 2 aromatic rings. The maximum Gasteiger partial charge on any atom is 0.0148 e. The lowest BCUT2D eigenvalue weighted by Crippen LogP contribution is -2.31. The normalized spacial score (nSPS) is 15.1. The number of rotatable bonds is 4. The van der Waals surface area contributed by atoms with E-state index in [4.69, 9.17) is 0 Å². The molecule has 0 saturated carbocycles. The van der Waals surface area contributed by atoms with Crippen LogP contribution in [-0.2, 0) is 19.3 Å². The molecular weight excluding hydrogens is 226 g/mol.